The molecule has 1 aromatic carbocycles. The first kappa shape index (κ1) is 15.0. The summed E-state index contributed by atoms with van der Waals surface area (Å²) in [6.07, 6.45) is -5.96. The van der Waals surface area contributed by atoms with Crippen molar-refractivity contribution >= 4 is 34.8 Å². The van der Waals surface area contributed by atoms with Gasteiger partial charge >= 0.3 is 18.0 Å². The minimum atomic E-state index is -5.96. The molecule has 0 fully saturated rings. The molecule has 18 heavy (non-hydrogen) atoms. The van der Waals surface area contributed by atoms with Crippen molar-refractivity contribution in [3.05, 3.63) is 28.2 Å². The Morgan fingerprint density at radius 3 is 2.06 bits per heavy atom. The average Bonchev–Trinajstić information content (AvgIpc) is 2.21. The smallest absolute Gasteiger partial charge is 0.320 e. The Hall–Kier alpha value is -1.08. The zero-order valence-electron chi connectivity index (χ0n) is 8.29. The minimum Gasteiger partial charge on any atom is -0.320 e. The van der Waals surface area contributed by atoms with Gasteiger partial charge in [-0.25, -0.2) is 0 Å². The van der Waals surface area contributed by atoms with Gasteiger partial charge in [-0.05, 0) is 18.2 Å². The molecule has 0 aromatic heterocycles. The van der Waals surface area contributed by atoms with Crippen LogP contribution in [-0.4, -0.2) is 18.0 Å². The number of carbonyl (C=O) groups excluding carboxylic acids is 1. The summed E-state index contributed by atoms with van der Waals surface area (Å²) in [5.74, 6) is -7.98. The fourth-order valence-corrected chi connectivity index (χ4v) is 1.21. The lowest BCUT2D eigenvalue weighted by atomic mass is 10.2. The lowest BCUT2D eigenvalue weighted by Crippen LogP contribution is -2.47. The second-order valence-electron chi connectivity index (χ2n) is 3.16. The van der Waals surface area contributed by atoms with Gasteiger partial charge in [-0.15, -0.1) is 0 Å². The SMILES string of the molecule is O=C(Nc1ccc(Cl)c(Cl)c1)C(F)(F)C(F)(F)F. The van der Waals surface area contributed by atoms with E-state index in [1.165, 1.54) is 5.32 Å². The van der Waals surface area contributed by atoms with Gasteiger partial charge in [0, 0.05) is 5.69 Å². The van der Waals surface area contributed by atoms with E-state index in [-0.39, 0.29) is 15.7 Å². The predicted molar refractivity (Wildman–Crippen MR) is 56.1 cm³/mol. The monoisotopic (exact) mass is 307 g/mol. The van der Waals surface area contributed by atoms with Gasteiger partial charge in [0.1, 0.15) is 0 Å². The highest BCUT2D eigenvalue weighted by atomic mass is 35.5. The van der Waals surface area contributed by atoms with Gasteiger partial charge in [0.25, 0.3) is 0 Å². The predicted octanol–water partition coefficient (Wildman–Crippen LogP) is 4.13. The van der Waals surface area contributed by atoms with Crippen molar-refractivity contribution in [1.82, 2.24) is 0 Å². The normalized spacial score (nSPS) is 12.4. The van der Waals surface area contributed by atoms with Crippen molar-refractivity contribution in [2.45, 2.75) is 12.1 Å². The van der Waals surface area contributed by atoms with E-state index >= 15 is 0 Å². The van der Waals surface area contributed by atoms with E-state index in [4.69, 9.17) is 23.2 Å². The zero-order chi connectivity index (χ0) is 14.1. The largest absolute Gasteiger partial charge is 0.463 e. The lowest BCUT2D eigenvalue weighted by molar-refractivity contribution is -0.267. The van der Waals surface area contributed by atoms with Gasteiger partial charge in [0.15, 0.2) is 0 Å². The average molecular weight is 308 g/mol. The van der Waals surface area contributed by atoms with Crippen LogP contribution in [0, 0.1) is 0 Å². The molecule has 0 spiro atoms. The molecule has 0 unspecified atom stereocenters. The van der Waals surface area contributed by atoms with Crippen LogP contribution >= 0.6 is 23.2 Å². The van der Waals surface area contributed by atoms with Gasteiger partial charge in [0.2, 0.25) is 0 Å². The van der Waals surface area contributed by atoms with E-state index in [9.17, 15) is 26.7 Å². The van der Waals surface area contributed by atoms with Crippen LogP contribution in [0.3, 0.4) is 0 Å². The van der Waals surface area contributed by atoms with E-state index in [1.807, 2.05) is 0 Å². The molecule has 0 aliphatic rings. The maximum Gasteiger partial charge on any atom is 0.463 e. The van der Waals surface area contributed by atoms with Gasteiger partial charge in [-0.3, -0.25) is 4.79 Å². The molecule has 0 bridgehead atoms. The Bertz CT molecular complexity index is 475. The van der Waals surface area contributed by atoms with Crippen LogP contribution in [0.25, 0.3) is 0 Å². The molecule has 100 valence electrons. The van der Waals surface area contributed by atoms with Crippen LogP contribution in [-0.2, 0) is 4.79 Å². The van der Waals surface area contributed by atoms with E-state index in [1.54, 1.807) is 0 Å². The number of benzene rings is 1. The summed E-state index contributed by atoms with van der Waals surface area (Å²) in [5, 5.41) is 1.38. The summed E-state index contributed by atoms with van der Waals surface area (Å²) >= 11 is 11.0. The first-order valence-electron chi connectivity index (χ1n) is 4.27. The third-order valence-corrected chi connectivity index (χ3v) is 2.56. The molecule has 2 nitrogen and oxygen atoms in total. The molecule has 9 heteroatoms. The first-order valence-corrected chi connectivity index (χ1v) is 5.02. The minimum absolute atomic E-state index is 0.0669. The number of rotatable bonds is 2. The summed E-state index contributed by atoms with van der Waals surface area (Å²) in [6.45, 7) is 0. The van der Waals surface area contributed by atoms with Gasteiger partial charge in [0.05, 0.1) is 10.0 Å². The highest BCUT2D eigenvalue weighted by Crippen LogP contribution is 2.36. The Balaban J connectivity index is 2.91. The first-order chi connectivity index (χ1) is 8.05. The molecule has 1 amide bonds. The second kappa shape index (κ2) is 4.89. The number of anilines is 1. The van der Waals surface area contributed by atoms with Crippen molar-refractivity contribution in [2.24, 2.45) is 0 Å². The van der Waals surface area contributed by atoms with Crippen LogP contribution in [0.15, 0.2) is 18.2 Å². The summed E-state index contributed by atoms with van der Waals surface area (Å²) in [4.78, 5) is 10.8. The van der Waals surface area contributed by atoms with Crippen LogP contribution in [0.1, 0.15) is 0 Å². The fourth-order valence-electron chi connectivity index (χ4n) is 0.912. The van der Waals surface area contributed by atoms with Crippen molar-refractivity contribution in [2.75, 3.05) is 5.32 Å². The van der Waals surface area contributed by atoms with Crippen LogP contribution in [0.4, 0.5) is 27.6 Å². The standard InChI is InChI=1S/C9H4Cl2F5NO/c10-5-2-1-4(3-6(5)11)17-7(18)8(12,13)9(14,15)16/h1-3H,(H,17,18). The van der Waals surface area contributed by atoms with Gasteiger partial charge in [-0.2, -0.15) is 22.0 Å². The molecule has 1 rings (SSSR count). The molecule has 0 saturated heterocycles. The second-order valence-corrected chi connectivity index (χ2v) is 3.97. The maximum absolute atomic E-state index is 12.6. The molecule has 0 aliphatic carbocycles. The van der Waals surface area contributed by atoms with Gasteiger partial charge < -0.3 is 5.32 Å². The summed E-state index contributed by atoms with van der Waals surface area (Å²) in [5.41, 5.74) is -0.321. The molecular formula is C9H4Cl2F5NO. The molecule has 1 N–H and O–H groups in total. The topological polar surface area (TPSA) is 29.1 Å². The quantitative estimate of drug-likeness (QED) is 0.818. The highest BCUT2D eigenvalue weighted by molar-refractivity contribution is 6.42. The Morgan fingerprint density at radius 1 is 1.06 bits per heavy atom. The third kappa shape index (κ3) is 3.02. The highest BCUT2D eigenvalue weighted by Gasteiger charge is 2.63. The number of nitrogens with one attached hydrogen (secondary N) is 1. The van der Waals surface area contributed by atoms with Crippen molar-refractivity contribution < 1.29 is 26.7 Å². The van der Waals surface area contributed by atoms with Crippen LogP contribution < -0.4 is 5.32 Å². The molecular weight excluding hydrogens is 304 g/mol. The number of amides is 1. The molecule has 0 heterocycles. The summed E-state index contributed by atoms with van der Waals surface area (Å²) in [7, 11) is 0. The number of hydrogen-bond acceptors (Lipinski definition) is 1. The van der Waals surface area contributed by atoms with Crippen molar-refractivity contribution in [1.29, 1.82) is 0 Å². The van der Waals surface area contributed by atoms with Crippen LogP contribution in [0.5, 0.6) is 0 Å². The molecule has 0 aliphatic heterocycles. The van der Waals surface area contributed by atoms with E-state index < -0.39 is 18.0 Å². The number of hydrogen-bond donors (Lipinski definition) is 1. The lowest BCUT2D eigenvalue weighted by Gasteiger charge is -2.18. The third-order valence-electron chi connectivity index (χ3n) is 1.82. The van der Waals surface area contributed by atoms with Crippen molar-refractivity contribution in [3.8, 4) is 0 Å². The number of halogens is 7. The van der Waals surface area contributed by atoms with E-state index in [2.05, 4.69) is 0 Å². The molecule has 0 atom stereocenters. The van der Waals surface area contributed by atoms with Crippen molar-refractivity contribution in [3.63, 3.8) is 0 Å². The number of alkyl halides is 5. The van der Waals surface area contributed by atoms with E-state index in [0.29, 0.717) is 0 Å². The van der Waals surface area contributed by atoms with E-state index in [0.717, 1.165) is 18.2 Å². The Kier molecular flexibility index (Phi) is 4.07. The molecule has 0 radical (unpaired) electrons. The zero-order valence-corrected chi connectivity index (χ0v) is 9.80. The maximum atomic E-state index is 12.6. The number of carbonyl (C=O) groups is 1. The Morgan fingerprint density at radius 2 is 1.61 bits per heavy atom. The summed E-state index contributed by atoms with van der Waals surface area (Å²) < 4.78 is 60.8. The molecule has 0 saturated carbocycles. The fraction of sp³-hybridized carbons (Fsp3) is 0.222. The Labute approximate surface area is 108 Å². The molecule has 1 aromatic rings. The summed E-state index contributed by atoms with van der Waals surface area (Å²) in [6, 6.07) is 3.14. The van der Waals surface area contributed by atoms with Crippen LogP contribution in [0.2, 0.25) is 10.0 Å². The van der Waals surface area contributed by atoms with Gasteiger partial charge in [-0.1, -0.05) is 23.2 Å².